The van der Waals surface area contributed by atoms with Crippen molar-refractivity contribution in [1.29, 1.82) is 0 Å². The molecule has 0 bridgehead atoms. The molecular formula is C16H25N7O2. The maximum absolute atomic E-state index is 12.5. The first kappa shape index (κ1) is 17.6. The second-order valence-corrected chi connectivity index (χ2v) is 6.74. The van der Waals surface area contributed by atoms with Crippen molar-refractivity contribution >= 4 is 5.91 Å². The van der Waals surface area contributed by atoms with Crippen LogP contribution in [-0.2, 0) is 31.4 Å². The number of aryl methyl sites for hydroxylation is 2. The summed E-state index contributed by atoms with van der Waals surface area (Å²) in [5, 5.41) is 22.5. The Labute approximate surface area is 146 Å². The van der Waals surface area contributed by atoms with Crippen LogP contribution in [-0.4, -0.2) is 72.5 Å². The van der Waals surface area contributed by atoms with Crippen molar-refractivity contribution in [1.82, 2.24) is 34.3 Å². The van der Waals surface area contributed by atoms with Crippen molar-refractivity contribution in [3.8, 4) is 0 Å². The third-order valence-corrected chi connectivity index (χ3v) is 4.42. The largest absolute Gasteiger partial charge is 0.385 e. The van der Waals surface area contributed by atoms with E-state index in [0.29, 0.717) is 44.7 Å². The quantitative estimate of drug-likeness (QED) is 0.763. The molecule has 0 unspecified atom stereocenters. The summed E-state index contributed by atoms with van der Waals surface area (Å²) in [5.41, 5.74) is 1.63. The molecule has 0 saturated carbocycles. The van der Waals surface area contributed by atoms with Crippen molar-refractivity contribution in [3.05, 3.63) is 29.6 Å². The Morgan fingerprint density at radius 2 is 2.20 bits per heavy atom. The second kappa shape index (κ2) is 7.32. The Morgan fingerprint density at radius 1 is 1.40 bits per heavy atom. The number of nitrogens with zero attached hydrogens (tertiary/aromatic N) is 7. The average molecular weight is 347 g/mol. The highest BCUT2D eigenvalue weighted by molar-refractivity contribution is 5.76. The number of amides is 1. The summed E-state index contributed by atoms with van der Waals surface area (Å²) >= 11 is 0. The van der Waals surface area contributed by atoms with Crippen LogP contribution >= 0.6 is 0 Å². The molecule has 1 aliphatic heterocycles. The number of aromatic nitrogens is 5. The summed E-state index contributed by atoms with van der Waals surface area (Å²) in [6.07, 6.45) is 2.02. The van der Waals surface area contributed by atoms with Crippen molar-refractivity contribution in [2.75, 3.05) is 27.2 Å². The van der Waals surface area contributed by atoms with Gasteiger partial charge in [0.05, 0.1) is 24.5 Å². The van der Waals surface area contributed by atoms with Gasteiger partial charge in [-0.3, -0.25) is 9.48 Å². The summed E-state index contributed by atoms with van der Waals surface area (Å²) in [6.45, 7) is 2.34. The summed E-state index contributed by atoms with van der Waals surface area (Å²) < 4.78 is 3.72. The minimum atomic E-state index is -0.617. The zero-order valence-electron chi connectivity index (χ0n) is 15.0. The Morgan fingerprint density at radius 3 is 2.88 bits per heavy atom. The highest BCUT2D eigenvalue weighted by Gasteiger charge is 2.24. The molecule has 9 heteroatoms. The van der Waals surface area contributed by atoms with Gasteiger partial charge in [-0.1, -0.05) is 0 Å². The van der Waals surface area contributed by atoms with E-state index in [2.05, 4.69) is 15.3 Å². The molecule has 0 spiro atoms. The predicted octanol–water partition coefficient (Wildman–Crippen LogP) is -0.418. The van der Waals surface area contributed by atoms with Gasteiger partial charge in [0.2, 0.25) is 5.91 Å². The highest BCUT2D eigenvalue weighted by atomic mass is 16.3. The normalized spacial score (nSPS) is 15.5. The summed E-state index contributed by atoms with van der Waals surface area (Å²) in [4.78, 5) is 16.2. The summed E-state index contributed by atoms with van der Waals surface area (Å²) in [6, 6.07) is 1.90. The van der Waals surface area contributed by atoms with Crippen molar-refractivity contribution in [2.24, 2.45) is 7.05 Å². The lowest BCUT2D eigenvalue weighted by atomic mass is 10.2. The number of carbonyl (C=O) groups excluding carboxylic acids is 1. The number of likely N-dealkylation sites (N-methyl/N-ethyl adjacent to an activating group) is 1. The lowest BCUT2D eigenvalue weighted by Crippen LogP contribution is -2.38. The molecule has 1 amide bonds. The van der Waals surface area contributed by atoms with E-state index in [9.17, 15) is 9.90 Å². The molecule has 0 radical (unpaired) electrons. The third kappa shape index (κ3) is 4.05. The molecule has 0 saturated heterocycles. The van der Waals surface area contributed by atoms with Crippen LogP contribution in [0, 0.1) is 0 Å². The smallest absolute Gasteiger partial charge is 0.223 e. The predicted molar refractivity (Wildman–Crippen MR) is 90.5 cm³/mol. The Hall–Kier alpha value is -2.26. The van der Waals surface area contributed by atoms with E-state index in [4.69, 9.17) is 0 Å². The SMILES string of the molecule is CN(C)C[C@H](O)c1cc2n(n1)CCN(C(=O)CCc1nncn1C)C2. The van der Waals surface area contributed by atoms with Crippen LogP contribution in [0.4, 0.5) is 0 Å². The van der Waals surface area contributed by atoms with Crippen LogP contribution in [0.1, 0.15) is 29.7 Å². The van der Waals surface area contributed by atoms with Gasteiger partial charge in [-0.15, -0.1) is 10.2 Å². The number of aliphatic hydroxyl groups is 1. The van der Waals surface area contributed by atoms with Crippen LogP contribution in [0.25, 0.3) is 0 Å². The highest BCUT2D eigenvalue weighted by Crippen LogP contribution is 2.19. The number of carbonyl (C=O) groups is 1. The van der Waals surface area contributed by atoms with Crippen molar-refractivity contribution in [3.63, 3.8) is 0 Å². The molecule has 0 aromatic carbocycles. The van der Waals surface area contributed by atoms with Gasteiger partial charge < -0.3 is 19.5 Å². The fraction of sp³-hybridized carbons (Fsp3) is 0.625. The monoisotopic (exact) mass is 347 g/mol. The van der Waals surface area contributed by atoms with Gasteiger partial charge in [-0.25, -0.2) is 0 Å². The Balaban J connectivity index is 1.59. The zero-order valence-corrected chi connectivity index (χ0v) is 15.0. The molecule has 136 valence electrons. The fourth-order valence-corrected chi connectivity index (χ4v) is 3.01. The fourth-order valence-electron chi connectivity index (χ4n) is 3.01. The van der Waals surface area contributed by atoms with Crippen LogP contribution in [0.15, 0.2) is 12.4 Å². The standard InChI is InChI=1S/C16H25N7O2/c1-20(2)10-14(24)13-8-12-9-22(6-7-23(12)19-13)16(25)5-4-15-18-17-11-21(15)3/h8,11,14,24H,4-7,9-10H2,1-3H3/t14-/m0/s1. The molecule has 0 fully saturated rings. The number of hydrogen-bond acceptors (Lipinski definition) is 6. The minimum absolute atomic E-state index is 0.103. The van der Waals surface area contributed by atoms with Gasteiger partial charge in [-0.05, 0) is 20.2 Å². The van der Waals surface area contributed by atoms with Gasteiger partial charge in [0.25, 0.3) is 0 Å². The molecule has 9 nitrogen and oxygen atoms in total. The lowest BCUT2D eigenvalue weighted by molar-refractivity contribution is -0.132. The topological polar surface area (TPSA) is 92.3 Å². The minimum Gasteiger partial charge on any atom is -0.385 e. The Kier molecular flexibility index (Phi) is 5.14. The van der Waals surface area contributed by atoms with Crippen LogP contribution in [0.3, 0.4) is 0 Å². The van der Waals surface area contributed by atoms with Crippen LogP contribution in [0.5, 0.6) is 0 Å². The van der Waals surface area contributed by atoms with E-state index < -0.39 is 6.10 Å². The number of rotatable bonds is 6. The van der Waals surface area contributed by atoms with E-state index in [1.807, 2.05) is 46.3 Å². The van der Waals surface area contributed by atoms with Crippen molar-refractivity contribution in [2.45, 2.75) is 32.0 Å². The first-order valence-electron chi connectivity index (χ1n) is 8.44. The molecule has 1 atom stereocenters. The maximum atomic E-state index is 12.5. The van der Waals surface area contributed by atoms with E-state index in [0.717, 1.165) is 11.5 Å². The molecule has 1 N–H and O–H groups in total. The zero-order chi connectivity index (χ0) is 18.0. The molecular weight excluding hydrogens is 322 g/mol. The van der Waals surface area contributed by atoms with E-state index in [-0.39, 0.29) is 5.91 Å². The number of hydrogen-bond donors (Lipinski definition) is 1. The maximum Gasteiger partial charge on any atom is 0.223 e. The van der Waals surface area contributed by atoms with Gasteiger partial charge in [-0.2, -0.15) is 5.10 Å². The first-order chi connectivity index (χ1) is 11.9. The van der Waals surface area contributed by atoms with E-state index in [1.165, 1.54) is 0 Å². The van der Waals surface area contributed by atoms with E-state index in [1.54, 1.807) is 6.33 Å². The molecule has 2 aromatic rings. The number of aliphatic hydroxyl groups excluding tert-OH is 1. The van der Waals surface area contributed by atoms with Crippen LogP contribution < -0.4 is 0 Å². The number of fused-ring (bicyclic) bond motifs is 1. The molecule has 3 rings (SSSR count). The molecule has 25 heavy (non-hydrogen) atoms. The summed E-state index contributed by atoms with van der Waals surface area (Å²) in [7, 11) is 5.70. The lowest BCUT2D eigenvalue weighted by Gasteiger charge is -2.27. The average Bonchev–Trinajstić information content (AvgIpc) is 3.17. The second-order valence-electron chi connectivity index (χ2n) is 6.74. The van der Waals surface area contributed by atoms with Gasteiger partial charge in [0.15, 0.2) is 0 Å². The van der Waals surface area contributed by atoms with Gasteiger partial charge in [0, 0.05) is 33.0 Å². The first-order valence-corrected chi connectivity index (χ1v) is 8.44. The molecule has 0 aliphatic carbocycles. The molecule has 2 aromatic heterocycles. The van der Waals surface area contributed by atoms with E-state index >= 15 is 0 Å². The molecule has 1 aliphatic rings. The Bertz CT molecular complexity index is 737. The van der Waals surface area contributed by atoms with Gasteiger partial charge in [0.1, 0.15) is 18.3 Å². The third-order valence-electron chi connectivity index (χ3n) is 4.42. The van der Waals surface area contributed by atoms with Gasteiger partial charge >= 0.3 is 0 Å². The molecule has 3 heterocycles. The van der Waals surface area contributed by atoms with Crippen molar-refractivity contribution < 1.29 is 9.90 Å². The summed E-state index contributed by atoms with van der Waals surface area (Å²) in [5.74, 6) is 0.912. The van der Waals surface area contributed by atoms with Crippen LogP contribution in [0.2, 0.25) is 0 Å².